The maximum Gasteiger partial charge on any atom is 0.338 e. The first-order valence-electron chi connectivity index (χ1n) is 6.14. The Morgan fingerprint density at radius 3 is 2.52 bits per heavy atom. The Morgan fingerprint density at radius 1 is 1.19 bits per heavy atom. The van der Waals surface area contributed by atoms with Gasteiger partial charge >= 0.3 is 6.03 Å². The summed E-state index contributed by atoms with van der Waals surface area (Å²) in [5.74, 6) is 0. The highest BCUT2D eigenvalue weighted by Gasteiger charge is 2.15. The molecular formula is C13H15N3O4S. The van der Waals surface area contributed by atoms with Crippen molar-refractivity contribution >= 4 is 26.8 Å². The van der Waals surface area contributed by atoms with Gasteiger partial charge in [0.15, 0.2) is 0 Å². The van der Waals surface area contributed by atoms with Crippen molar-refractivity contribution in [3.8, 4) is 0 Å². The smallest absolute Gasteiger partial charge is 0.338 e. The lowest BCUT2D eigenvalue weighted by atomic mass is 10.1. The lowest BCUT2D eigenvalue weighted by Gasteiger charge is -2.12. The van der Waals surface area contributed by atoms with Gasteiger partial charge in [0, 0.05) is 6.54 Å². The van der Waals surface area contributed by atoms with Crippen LogP contribution < -0.4 is 10.5 Å². The maximum atomic E-state index is 12.1. The first-order valence-corrected chi connectivity index (χ1v) is 7.63. The van der Waals surface area contributed by atoms with Crippen molar-refractivity contribution in [2.45, 2.75) is 4.90 Å². The summed E-state index contributed by atoms with van der Waals surface area (Å²) < 4.78 is 26.5. The molecule has 0 saturated carbocycles. The van der Waals surface area contributed by atoms with E-state index >= 15 is 0 Å². The first kappa shape index (κ1) is 15.2. The third kappa shape index (κ3) is 3.69. The molecule has 0 atom stereocenters. The van der Waals surface area contributed by atoms with Crippen LogP contribution in [0.1, 0.15) is 0 Å². The molecule has 0 spiro atoms. The molecule has 0 aliphatic rings. The van der Waals surface area contributed by atoms with E-state index in [1.807, 2.05) is 24.3 Å². The number of primary amides is 1. The minimum absolute atomic E-state index is 0.116. The standard InChI is InChI=1S/C13H15N3O4S/c14-13(17)16(18)8-7-15-21(19,20)12-6-5-10-3-1-2-4-11(10)9-12/h1-6,9,15,18H,7-8H2,(H2,14,17). The molecule has 2 aromatic rings. The van der Waals surface area contributed by atoms with Crippen LogP contribution in [0, 0.1) is 0 Å². The predicted molar refractivity (Wildman–Crippen MR) is 77.2 cm³/mol. The quantitative estimate of drug-likeness (QED) is 0.562. The van der Waals surface area contributed by atoms with Gasteiger partial charge in [-0.1, -0.05) is 30.3 Å². The average molecular weight is 309 g/mol. The van der Waals surface area contributed by atoms with E-state index in [4.69, 9.17) is 10.9 Å². The largest absolute Gasteiger partial charge is 0.350 e. The molecule has 2 aromatic carbocycles. The summed E-state index contributed by atoms with van der Waals surface area (Å²) in [6.45, 7) is -0.378. The van der Waals surface area contributed by atoms with Gasteiger partial charge in [0.25, 0.3) is 0 Å². The fourth-order valence-corrected chi connectivity index (χ4v) is 2.87. The number of hydrogen-bond donors (Lipinski definition) is 3. The van der Waals surface area contributed by atoms with Crippen LogP contribution in [0.5, 0.6) is 0 Å². The lowest BCUT2D eigenvalue weighted by molar-refractivity contribution is -0.0370. The van der Waals surface area contributed by atoms with Crippen molar-refractivity contribution in [1.29, 1.82) is 0 Å². The molecule has 0 aliphatic carbocycles. The van der Waals surface area contributed by atoms with Crippen LogP contribution in [0.15, 0.2) is 47.4 Å². The van der Waals surface area contributed by atoms with Crippen molar-refractivity contribution in [2.24, 2.45) is 5.73 Å². The second-order valence-electron chi connectivity index (χ2n) is 4.37. The average Bonchev–Trinajstić information content (AvgIpc) is 2.46. The van der Waals surface area contributed by atoms with Crippen molar-refractivity contribution < 1.29 is 18.4 Å². The van der Waals surface area contributed by atoms with E-state index in [0.29, 0.717) is 0 Å². The number of nitrogens with one attached hydrogen (secondary N) is 1. The molecule has 21 heavy (non-hydrogen) atoms. The summed E-state index contributed by atoms with van der Waals surface area (Å²) >= 11 is 0. The number of carbonyl (C=O) groups is 1. The van der Waals surface area contributed by atoms with Crippen LogP contribution in [-0.2, 0) is 10.0 Å². The van der Waals surface area contributed by atoms with Gasteiger partial charge in [0.2, 0.25) is 10.0 Å². The highest BCUT2D eigenvalue weighted by Crippen LogP contribution is 2.18. The van der Waals surface area contributed by atoms with E-state index in [2.05, 4.69) is 4.72 Å². The number of benzene rings is 2. The molecule has 2 amide bonds. The van der Waals surface area contributed by atoms with E-state index in [1.54, 1.807) is 12.1 Å². The summed E-state index contributed by atoms with van der Waals surface area (Å²) in [5, 5.41) is 11.0. The van der Waals surface area contributed by atoms with Gasteiger partial charge in [-0.15, -0.1) is 0 Å². The van der Waals surface area contributed by atoms with Gasteiger partial charge < -0.3 is 5.73 Å². The Morgan fingerprint density at radius 2 is 1.86 bits per heavy atom. The number of amides is 2. The van der Waals surface area contributed by atoms with Crippen molar-refractivity contribution in [2.75, 3.05) is 13.1 Å². The topological polar surface area (TPSA) is 113 Å². The van der Waals surface area contributed by atoms with Crippen LogP contribution >= 0.6 is 0 Å². The molecule has 0 unspecified atom stereocenters. The molecule has 8 heteroatoms. The number of fused-ring (bicyclic) bond motifs is 1. The van der Waals surface area contributed by atoms with E-state index in [9.17, 15) is 13.2 Å². The number of sulfonamides is 1. The fraction of sp³-hybridized carbons (Fsp3) is 0.154. The molecule has 4 N–H and O–H groups in total. The minimum Gasteiger partial charge on any atom is -0.350 e. The number of nitrogens with zero attached hydrogens (tertiary/aromatic N) is 1. The summed E-state index contributed by atoms with van der Waals surface area (Å²) in [4.78, 5) is 10.7. The Hall–Kier alpha value is -2.16. The minimum atomic E-state index is -3.71. The van der Waals surface area contributed by atoms with Gasteiger partial charge in [-0.05, 0) is 22.9 Å². The first-order chi connectivity index (χ1) is 9.90. The van der Waals surface area contributed by atoms with E-state index < -0.39 is 16.1 Å². The highest BCUT2D eigenvalue weighted by molar-refractivity contribution is 7.89. The monoisotopic (exact) mass is 309 g/mol. The molecule has 0 bridgehead atoms. The van der Waals surface area contributed by atoms with Crippen LogP contribution in [0.2, 0.25) is 0 Å². The van der Waals surface area contributed by atoms with Gasteiger partial charge in [-0.2, -0.15) is 0 Å². The molecular weight excluding hydrogens is 294 g/mol. The number of carbonyl (C=O) groups excluding carboxylic acids is 1. The zero-order valence-corrected chi connectivity index (χ0v) is 11.9. The maximum absolute atomic E-state index is 12.1. The summed E-state index contributed by atoms with van der Waals surface area (Å²) in [5.41, 5.74) is 4.82. The van der Waals surface area contributed by atoms with E-state index in [-0.39, 0.29) is 23.0 Å². The number of hydrogen-bond acceptors (Lipinski definition) is 4. The summed E-state index contributed by atoms with van der Waals surface area (Å²) in [7, 11) is -3.71. The molecule has 0 radical (unpaired) electrons. The Kier molecular flexibility index (Phi) is 4.41. The predicted octanol–water partition coefficient (Wildman–Crippen LogP) is 0.888. The Balaban J connectivity index is 2.12. The SMILES string of the molecule is NC(=O)N(O)CCNS(=O)(=O)c1ccc2ccccc2c1. The van der Waals surface area contributed by atoms with Gasteiger partial charge in [-0.25, -0.2) is 23.0 Å². The number of hydroxylamine groups is 2. The number of nitrogens with two attached hydrogens (primary N) is 1. The molecule has 7 nitrogen and oxygen atoms in total. The Labute approximate surface area is 122 Å². The molecule has 0 aromatic heterocycles. The molecule has 112 valence electrons. The third-order valence-corrected chi connectivity index (χ3v) is 4.36. The molecule has 0 saturated heterocycles. The van der Waals surface area contributed by atoms with Crippen LogP contribution in [0.4, 0.5) is 4.79 Å². The van der Waals surface area contributed by atoms with Crippen molar-refractivity contribution in [1.82, 2.24) is 9.79 Å². The molecule has 0 fully saturated rings. The van der Waals surface area contributed by atoms with Crippen molar-refractivity contribution in [3.63, 3.8) is 0 Å². The van der Waals surface area contributed by atoms with Gasteiger partial charge in [-0.3, -0.25) is 5.21 Å². The van der Waals surface area contributed by atoms with Crippen LogP contribution in [0.25, 0.3) is 10.8 Å². The molecule has 2 rings (SSSR count). The van der Waals surface area contributed by atoms with Crippen LogP contribution in [0.3, 0.4) is 0 Å². The highest BCUT2D eigenvalue weighted by atomic mass is 32.2. The van der Waals surface area contributed by atoms with Gasteiger partial charge in [0.05, 0.1) is 11.4 Å². The number of rotatable bonds is 5. The fourth-order valence-electron chi connectivity index (χ4n) is 1.81. The lowest BCUT2D eigenvalue weighted by Crippen LogP contribution is -2.39. The summed E-state index contributed by atoms with van der Waals surface area (Å²) in [6.07, 6.45) is 0. The second-order valence-corrected chi connectivity index (χ2v) is 6.14. The molecule has 0 heterocycles. The van der Waals surface area contributed by atoms with E-state index in [0.717, 1.165) is 10.8 Å². The Bertz CT molecular complexity index is 761. The number of urea groups is 1. The second kappa shape index (κ2) is 6.08. The van der Waals surface area contributed by atoms with Crippen LogP contribution in [-0.4, -0.2) is 37.8 Å². The van der Waals surface area contributed by atoms with Crippen molar-refractivity contribution in [3.05, 3.63) is 42.5 Å². The summed E-state index contributed by atoms with van der Waals surface area (Å²) in [6, 6.07) is 11.1. The zero-order chi connectivity index (χ0) is 15.5. The zero-order valence-electron chi connectivity index (χ0n) is 11.1. The molecule has 0 aliphatic heterocycles. The van der Waals surface area contributed by atoms with Gasteiger partial charge in [0.1, 0.15) is 0 Å². The van der Waals surface area contributed by atoms with E-state index in [1.165, 1.54) is 6.07 Å². The normalized spacial score (nSPS) is 11.5. The third-order valence-electron chi connectivity index (χ3n) is 2.90.